The molecule has 2 rings (SSSR count). The highest BCUT2D eigenvalue weighted by molar-refractivity contribution is 5.02. The fourth-order valence-corrected chi connectivity index (χ4v) is 1.16. The van der Waals surface area contributed by atoms with Crippen molar-refractivity contribution in [3.05, 3.63) is 42.5 Å². The Labute approximate surface area is 76.3 Å². The van der Waals surface area contributed by atoms with Gasteiger partial charge in [-0.2, -0.15) is 0 Å². The molecule has 13 heavy (non-hydrogen) atoms. The molecule has 0 saturated carbocycles. The lowest BCUT2D eigenvalue weighted by atomic mass is 10.4. The minimum absolute atomic E-state index is 0.753. The predicted molar refractivity (Wildman–Crippen MR) is 48.1 cm³/mol. The van der Waals surface area contributed by atoms with Crippen LogP contribution in [0.3, 0.4) is 0 Å². The van der Waals surface area contributed by atoms with E-state index in [-0.39, 0.29) is 0 Å². The fourth-order valence-electron chi connectivity index (χ4n) is 1.16. The Morgan fingerprint density at radius 1 is 1.38 bits per heavy atom. The van der Waals surface area contributed by atoms with E-state index in [0.717, 1.165) is 18.1 Å². The summed E-state index contributed by atoms with van der Waals surface area (Å²) < 4.78 is 1.97. The smallest absolute Gasteiger partial charge is 0.125 e. The molecule has 0 spiro atoms. The summed E-state index contributed by atoms with van der Waals surface area (Å²) in [6, 6.07) is 1.91. The van der Waals surface area contributed by atoms with E-state index in [9.17, 15) is 0 Å². The normalized spacial score (nSPS) is 10.2. The molecule has 0 amide bonds. The molecule has 66 valence electrons. The van der Waals surface area contributed by atoms with Gasteiger partial charge >= 0.3 is 0 Å². The van der Waals surface area contributed by atoms with Crippen LogP contribution in [0, 0.1) is 6.92 Å². The molecule has 0 aromatic carbocycles. The summed E-state index contributed by atoms with van der Waals surface area (Å²) >= 11 is 0. The van der Waals surface area contributed by atoms with Crippen LogP contribution in [0.15, 0.2) is 31.0 Å². The summed E-state index contributed by atoms with van der Waals surface area (Å²) in [4.78, 5) is 12.3. The molecule has 0 saturated heterocycles. The molecule has 0 aliphatic carbocycles. The Morgan fingerprint density at radius 3 is 3.00 bits per heavy atom. The first-order valence-electron chi connectivity index (χ1n) is 4.09. The van der Waals surface area contributed by atoms with Crippen molar-refractivity contribution in [1.29, 1.82) is 0 Å². The molecular formula is C9H10N4. The molecule has 0 aliphatic rings. The van der Waals surface area contributed by atoms with Crippen LogP contribution in [-0.4, -0.2) is 19.5 Å². The molecule has 4 nitrogen and oxygen atoms in total. The van der Waals surface area contributed by atoms with Gasteiger partial charge in [-0.15, -0.1) is 0 Å². The fraction of sp³-hybridized carbons (Fsp3) is 0.222. The number of imidazole rings is 1. The van der Waals surface area contributed by atoms with Gasteiger partial charge in [-0.05, 0) is 13.0 Å². The van der Waals surface area contributed by atoms with Crippen LogP contribution in [0.5, 0.6) is 0 Å². The van der Waals surface area contributed by atoms with Crippen molar-refractivity contribution in [2.45, 2.75) is 13.5 Å². The summed E-state index contributed by atoms with van der Waals surface area (Å²) in [5.41, 5.74) is 1.01. The topological polar surface area (TPSA) is 43.6 Å². The number of hydrogen-bond acceptors (Lipinski definition) is 3. The van der Waals surface area contributed by atoms with Crippen molar-refractivity contribution in [1.82, 2.24) is 19.5 Å². The molecule has 2 heterocycles. The number of hydrogen-bond donors (Lipinski definition) is 0. The first-order valence-corrected chi connectivity index (χ1v) is 4.09. The van der Waals surface area contributed by atoms with Gasteiger partial charge in [0.05, 0.1) is 18.6 Å². The molecule has 0 aliphatic heterocycles. The molecule has 0 bridgehead atoms. The van der Waals surface area contributed by atoms with Crippen LogP contribution in [0.25, 0.3) is 0 Å². The average molecular weight is 174 g/mol. The molecule has 0 atom stereocenters. The lowest BCUT2D eigenvalue weighted by molar-refractivity contribution is 0.762. The van der Waals surface area contributed by atoms with Gasteiger partial charge in [-0.3, -0.25) is 0 Å². The van der Waals surface area contributed by atoms with Gasteiger partial charge in [0.2, 0.25) is 0 Å². The van der Waals surface area contributed by atoms with E-state index < -0.39 is 0 Å². The van der Waals surface area contributed by atoms with Crippen molar-refractivity contribution >= 4 is 0 Å². The Kier molecular flexibility index (Phi) is 2.04. The van der Waals surface area contributed by atoms with Crippen LogP contribution in [0.1, 0.15) is 11.5 Å². The van der Waals surface area contributed by atoms with Crippen molar-refractivity contribution in [3.63, 3.8) is 0 Å². The van der Waals surface area contributed by atoms with E-state index >= 15 is 0 Å². The van der Waals surface area contributed by atoms with Crippen LogP contribution in [0.4, 0.5) is 0 Å². The maximum Gasteiger partial charge on any atom is 0.125 e. The van der Waals surface area contributed by atoms with Gasteiger partial charge < -0.3 is 4.57 Å². The minimum atomic E-state index is 0.753. The third-order valence-corrected chi connectivity index (χ3v) is 1.74. The molecule has 0 unspecified atom stereocenters. The summed E-state index contributed by atoms with van der Waals surface area (Å²) in [5.74, 6) is 0.803. The molecule has 2 aromatic heterocycles. The van der Waals surface area contributed by atoms with E-state index in [1.54, 1.807) is 18.7 Å². The summed E-state index contributed by atoms with van der Waals surface area (Å²) in [5, 5.41) is 0. The molecular weight excluding hydrogens is 164 g/mol. The lowest BCUT2D eigenvalue weighted by Gasteiger charge is -2.01. The van der Waals surface area contributed by atoms with E-state index in [1.165, 1.54) is 0 Å². The van der Waals surface area contributed by atoms with Gasteiger partial charge in [0.25, 0.3) is 0 Å². The average Bonchev–Trinajstić information content (AvgIpc) is 2.57. The quantitative estimate of drug-likeness (QED) is 0.683. The SMILES string of the molecule is Cc1nccc(Cn2ccnc2)n1. The summed E-state index contributed by atoms with van der Waals surface area (Å²) in [6.07, 6.45) is 7.22. The van der Waals surface area contributed by atoms with Crippen LogP contribution < -0.4 is 0 Å². The largest absolute Gasteiger partial charge is 0.331 e. The zero-order valence-corrected chi connectivity index (χ0v) is 7.38. The van der Waals surface area contributed by atoms with Gasteiger partial charge in [-0.25, -0.2) is 15.0 Å². The molecule has 0 fully saturated rings. The van der Waals surface area contributed by atoms with Gasteiger partial charge in [0.1, 0.15) is 5.82 Å². The second-order valence-electron chi connectivity index (χ2n) is 2.83. The van der Waals surface area contributed by atoms with Gasteiger partial charge in [0, 0.05) is 18.6 Å². The second-order valence-corrected chi connectivity index (χ2v) is 2.83. The summed E-state index contributed by atoms with van der Waals surface area (Å²) in [7, 11) is 0. The Balaban J connectivity index is 2.19. The second kappa shape index (κ2) is 3.35. The van der Waals surface area contributed by atoms with E-state index in [0.29, 0.717) is 0 Å². The minimum Gasteiger partial charge on any atom is -0.331 e. The van der Waals surface area contributed by atoms with E-state index in [1.807, 2.05) is 23.8 Å². The molecule has 4 heteroatoms. The highest BCUT2D eigenvalue weighted by atomic mass is 15.0. The van der Waals surface area contributed by atoms with E-state index in [2.05, 4.69) is 15.0 Å². The zero-order valence-electron chi connectivity index (χ0n) is 7.38. The number of aromatic nitrogens is 4. The number of aryl methyl sites for hydroxylation is 1. The van der Waals surface area contributed by atoms with Crippen molar-refractivity contribution < 1.29 is 0 Å². The van der Waals surface area contributed by atoms with Crippen LogP contribution in [0.2, 0.25) is 0 Å². The first kappa shape index (κ1) is 7.91. The monoisotopic (exact) mass is 174 g/mol. The third kappa shape index (κ3) is 1.90. The Bertz CT molecular complexity index is 380. The third-order valence-electron chi connectivity index (χ3n) is 1.74. The molecule has 0 N–H and O–H groups in total. The maximum atomic E-state index is 4.29. The standard InChI is InChI=1S/C9H10N4/c1-8-11-3-2-9(12-8)6-13-5-4-10-7-13/h2-5,7H,6H2,1H3. The lowest BCUT2D eigenvalue weighted by Crippen LogP contribution is -2.00. The first-order chi connectivity index (χ1) is 6.34. The Morgan fingerprint density at radius 2 is 2.31 bits per heavy atom. The Hall–Kier alpha value is -1.71. The van der Waals surface area contributed by atoms with Gasteiger partial charge in [-0.1, -0.05) is 0 Å². The van der Waals surface area contributed by atoms with Crippen LogP contribution >= 0.6 is 0 Å². The zero-order chi connectivity index (χ0) is 9.10. The van der Waals surface area contributed by atoms with Crippen molar-refractivity contribution in [2.24, 2.45) is 0 Å². The molecule has 0 radical (unpaired) electrons. The van der Waals surface area contributed by atoms with Crippen molar-refractivity contribution in [2.75, 3.05) is 0 Å². The molecule has 2 aromatic rings. The highest BCUT2D eigenvalue weighted by Crippen LogP contribution is 1.98. The highest BCUT2D eigenvalue weighted by Gasteiger charge is 1.95. The number of rotatable bonds is 2. The van der Waals surface area contributed by atoms with Gasteiger partial charge in [0.15, 0.2) is 0 Å². The van der Waals surface area contributed by atoms with Crippen LogP contribution in [-0.2, 0) is 6.54 Å². The van der Waals surface area contributed by atoms with Crippen molar-refractivity contribution in [3.8, 4) is 0 Å². The van der Waals surface area contributed by atoms with E-state index in [4.69, 9.17) is 0 Å². The summed E-state index contributed by atoms with van der Waals surface area (Å²) in [6.45, 7) is 2.64. The predicted octanol–water partition coefficient (Wildman–Crippen LogP) is 1.03. The number of nitrogens with zero attached hydrogens (tertiary/aromatic N) is 4. The maximum absolute atomic E-state index is 4.29.